The van der Waals surface area contributed by atoms with Gasteiger partial charge < -0.3 is 10.3 Å². The van der Waals surface area contributed by atoms with E-state index in [1.165, 1.54) is 25.7 Å². The molecule has 1 unspecified atom stereocenters. The molecule has 0 bridgehead atoms. The van der Waals surface area contributed by atoms with Crippen LogP contribution in [0.2, 0.25) is 0 Å². The molecule has 4 heteroatoms. The van der Waals surface area contributed by atoms with Crippen LogP contribution in [-0.2, 0) is 6.42 Å². The first-order valence-electron chi connectivity index (χ1n) is 7.56. The number of hydrogen-bond acceptors (Lipinski definition) is 4. The predicted octanol–water partition coefficient (Wildman–Crippen LogP) is 3.28. The summed E-state index contributed by atoms with van der Waals surface area (Å²) >= 11 is 0. The Morgan fingerprint density at radius 2 is 2.05 bits per heavy atom. The summed E-state index contributed by atoms with van der Waals surface area (Å²) in [7, 11) is 0. The zero-order valence-corrected chi connectivity index (χ0v) is 12.5. The minimum Gasteiger partial charge on any atom is -0.339 e. The van der Waals surface area contributed by atoms with Crippen molar-refractivity contribution in [1.82, 2.24) is 10.1 Å². The van der Waals surface area contributed by atoms with Crippen molar-refractivity contribution in [1.29, 1.82) is 0 Å². The molecule has 1 atom stereocenters. The van der Waals surface area contributed by atoms with Crippen LogP contribution in [-0.4, -0.2) is 16.7 Å². The van der Waals surface area contributed by atoms with Crippen molar-refractivity contribution in [2.24, 2.45) is 17.1 Å². The van der Waals surface area contributed by atoms with Gasteiger partial charge in [0, 0.05) is 12.3 Å². The lowest BCUT2D eigenvalue weighted by Crippen LogP contribution is -2.20. The Balaban J connectivity index is 1.94. The average molecular weight is 265 g/mol. The largest absolute Gasteiger partial charge is 0.339 e. The average Bonchev–Trinajstić information content (AvgIpc) is 2.84. The van der Waals surface area contributed by atoms with Crippen LogP contribution in [0.15, 0.2) is 4.52 Å². The second kappa shape index (κ2) is 6.04. The Morgan fingerprint density at radius 3 is 2.63 bits per heavy atom. The molecule has 1 heterocycles. The van der Waals surface area contributed by atoms with Crippen LogP contribution in [0.5, 0.6) is 0 Å². The molecule has 1 aromatic heterocycles. The van der Waals surface area contributed by atoms with E-state index in [1.54, 1.807) is 0 Å². The number of nitrogens with zero attached hydrogens (tertiary/aromatic N) is 2. The topological polar surface area (TPSA) is 64.9 Å². The van der Waals surface area contributed by atoms with Crippen molar-refractivity contribution >= 4 is 0 Å². The smallest absolute Gasteiger partial charge is 0.226 e. The highest BCUT2D eigenvalue weighted by molar-refractivity contribution is 4.99. The van der Waals surface area contributed by atoms with E-state index in [4.69, 9.17) is 10.3 Å². The van der Waals surface area contributed by atoms with Crippen molar-refractivity contribution in [3.05, 3.63) is 11.7 Å². The van der Waals surface area contributed by atoms with Gasteiger partial charge in [0.05, 0.1) is 0 Å². The van der Waals surface area contributed by atoms with Crippen molar-refractivity contribution in [3.8, 4) is 0 Å². The maximum absolute atomic E-state index is 5.72. The summed E-state index contributed by atoms with van der Waals surface area (Å²) in [6.45, 7) is 7.53. The molecule has 1 aliphatic rings. The van der Waals surface area contributed by atoms with Gasteiger partial charge in [-0.1, -0.05) is 32.3 Å². The lowest BCUT2D eigenvalue weighted by Gasteiger charge is -2.32. The highest BCUT2D eigenvalue weighted by Crippen LogP contribution is 2.41. The second-order valence-corrected chi connectivity index (χ2v) is 6.70. The molecule has 0 aromatic carbocycles. The summed E-state index contributed by atoms with van der Waals surface area (Å²) in [6, 6.07) is 0. The number of aromatic nitrogens is 2. The molecule has 1 aliphatic carbocycles. The van der Waals surface area contributed by atoms with Gasteiger partial charge >= 0.3 is 0 Å². The Labute approximate surface area is 116 Å². The molecule has 4 nitrogen and oxygen atoms in total. The van der Waals surface area contributed by atoms with Gasteiger partial charge in [-0.2, -0.15) is 4.98 Å². The first-order chi connectivity index (χ1) is 9.04. The maximum atomic E-state index is 5.72. The van der Waals surface area contributed by atoms with Gasteiger partial charge in [0.2, 0.25) is 5.89 Å². The van der Waals surface area contributed by atoms with Crippen molar-refractivity contribution in [3.63, 3.8) is 0 Å². The second-order valence-electron chi connectivity index (χ2n) is 6.70. The lowest BCUT2D eigenvalue weighted by molar-refractivity contribution is 0.218. The lowest BCUT2D eigenvalue weighted by atomic mass is 9.73. The summed E-state index contributed by atoms with van der Waals surface area (Å²) < 4.78 is 5.39. The number of rotatable bonds is 5. The molecular formula is C15H27N3O. The summed E-state index contributed by atoms with van der Waals surface area (Å²) in [5.41, 5.74) is 6.20. The third kappa shape index (κ3) is 3.78. The monoisotopic (exact) mass is 265 g/mol. The normalized spacial score (nSPS) is 21.5. The summed E-state index contributed by atoms with van der Waals surface area (Å²) in [5.74, 6) is 2.62. The Bertz CT molecular complexity index is 386. The quantitative estimate of drug-likeness (QED) is 0.887. The first kappa shape index (κ1) is 14.5. The van der Waals surface area contributed by atoms with Crippen molar-refractivity contribution in [2.75, 3.05) is 6.54 Å². The van der Waals surface area contributed by atoms with E-state index in [0.29, 0.717) is 23.8 Å². The summed E-state index contributed by atoms with van der Waals surface area (Å²) in [5, 5.41) is 4.18. The van der Waals surface area contributed by atoms with Crippen LogP contribution in [0.25, 0.3) is 0 Å². The van der Waals surface area contributed by atoms with Crippen LogP contribution in [0, 0.1) is 11.3 Å². The molecule has 1 aromatic rings. The zero-order chi connectivity index (χ0) is 13.9. The van der Waals surface area contributed by atoms with Gasteiger partial charge in [-0.15, -0.1) is 0 Å². The third-order valence-electron chi connectivity index (χ3n) is 4.56. The molecule has 0 radical (unpaired) electrons. The van der Waals surface area contributed by atoms with Gasteiger partial charge in [0.25, 0.3) is 0 Å². The number of nitrogens with two attached hydrogens (primary N) is 1. The maximum Gasteiger partial charge on any atom is 0.226 e. The fraction of sp³-hybridized carbons (Fsp3) is 0.867. The fourth-order valence-corrected chi connectivity index (χ4v) is 2.82. The van der Waals surface area contributed by atoms with Crippen LogP contribution in [0.4, 0.5) is 0 Å². The summed E-state index contributed by atoms with van der Waals surface area (Å²) in [6.07, 6.45) is 6.74. The Morgan fingerprint density at radius 1 is 1.37 bits per heavy atom. The molecule has 0 amide bonds. The van der Waals surface area contributed by atoms with Gasteiger partial charge in [0.1, 0.15) is 0 Å². The molecular weight excluding hydrogens is 238 g/mol. The fourth-order valence-electron chi connectivity index (χ4n) is 2.82. The highest BCUT2D eigenvalue weighted by atomic mass is 16.5. The molecule has 0 aliphatic heterocycles. The van der Waals surface area contributed by atoms with E-state index in [0.717, 1.165) is 24.6 Å². The third-order valence-corrected chi connectivity index (χ3v) is 4.56. The number of hydrogen-bond donors (Lipinski definition) is 1. The highest BCUT2D eigenvalue weighted by Gasteiger charge is 2.30. The van der Waals surface area contributed by atoms with Crippen LogP contribution in [0.3, 0.4) is 0 Å². The molecule has 0 spiro atoms. The zero-order valence-electron chi connectivity index (χ0n) is 12.5. The van der Waals surface area contributed by atoms with Crippen molar-refractivity contribution in [2.45, 2.75) is 65.2 Å². The molecule has 2 N–H and O–H groups in total. The van der Waals surface area contributed by atoms with Gasteiger partial charge in [-0.05, 0) is 43.6 Å². The predicted molar refractivity (Wildman–Crippen MR) is 75.8 cm³/mol. The molecule has 2 rings (SSSR count). The van der Waals surface area contributed by atoms with Crippen LogP contribution in [0.1, 0.15) is 70.5 Å². The van der Waals surface area contributed by atoms with Crippen LogP contribution >= 0.6 is 0 Å². The van der Waals surface area contributed by atoms with Crippen LogP contribution < -0.4 is 5.73 Å². The Kier molecular flexibility index (Phi) is 4.61. The molecule has 19 heavy (non-hydrogen) atoms. The Hall–Kier alpha value is -0.900. The SMILES string of the molecule is CCC(CN)Cc1nc(C2CCC(C)(C)CC2)no1. The van der Waals surface area contributed by atoms with Gasteiger partial charge in [-0.3, -0.25) is 0 Å². The first-order valence-corrected chi connectivity index (χ1v) is 7.56. The molecule has 1 saturated carbocycles. The van der Waals surface area contributed by atoms with E-state index in [-0.39, 0.29) is 0 Å². The van der Waals surface area contributed by atoms with E-state index in [2.05, 4.69) is 30.9 Å². The molecule has 1 fully saturated rings. The van der Waals surface area contributed by atoms with E-state index < -0.39 is 0 Å². The summed E-state index contributed by atoms with van der Waals surface area (Å²) in [4.78, 5) is 4.58. The molecule has 0 saturated heterocycles. The van der Waals surface area contributed by atoms with E-state index in [1.807, 2.05) is 0 Å². The standard InChI is InChI=1S/C15H27N3O/c1-4-11(10-16)9-13-17-14(18-19-13)12-5-7-15(2,3)8-6-12/h11-12H,4-10,16H2,1-3H3. The van der Waals surface area contributed by atoms with Gasteiger partial charge in [0.15, 0.2) is 5.82 Å². The van der Waals surface area contributed by atoms with Crippen molar-refractivity contribution < 1.29 is 4.52 Å². The van der Waals surface area contributed by atoms with E-state index >= 15 is 0 Å². The minimum absolute atomic E-state index is 0.457. The minimum atomic E-state index is 0.457. The molecule has 108 valence electrons. The van der Waals surface area contributed by atoms with Gasteiger partial charge in [-0.25, -0.2) is 0 Å². The van der Waals surface area contributed by atoms with E-state index in [9.17, 15) is 0 Å².